The van der Waals surface area contributed by atoms with Gasteiger partial charge in [0.1, 0.15) is 12.1 Å². The van der Waals surface area contributed by atoms with Crippen LogP contribution in [-0.2, 0) is 21.3 Å². The Morgan fingerprint density at radius 1 is 1.22 bits per heavy atom. The van der Waals surface area contributed by atoms with Crippen molar-refractivity contribution in [2.24, 2.45) is 0 Å². The van der Waals surface area contributed by atoms with Crippen molar-refractivity contribution in [3.05, 3.63) is 52.5 Å². The van der Waals surface area contributed by atoms with Crippen LogP contribution in [0.5, 0.6) is 11.5 Å². The maximum absolute atomic E-state index is 13.2. The van der Waals surface area contributed by atoms with E-state index < -0.39 is 47.4 Å². The van der Waals surface area contributed by atoms with Crippen LogP contribution in [0.15, 0.2) is 36.4 Å². The molecule has 1 saturated heterocycles. The van der Waals surface area contributed by atoms with Gasteiger partial charge in [-0.25, -0.2) is 4.79 Å². The molecule has 12 heteroatoms. The van der Waals surface area contributed by atoms with E-state index >= 15 is 0 Å². The largest absolute Gasteiger partial charge is 0.454 e. The molecule has 32 heavy (non-hydrogen) atoms. The molecule has 0 aliphatic carbocycles. The second kappa shape index (κ2) is 7.59. The number of hydrogen-bond donors (Lipinski definition) is 2. The number of hydrogen-bond acceptors (Lipinski definition) is 5. The quantitative estimate of drug-likeness (QED) is 0.668. The van der Waals surface area contributed by atoms with Gasteiger partial charge in [0.05, 0.1) is 16.3 Å². The molecule has 0 radical (unpaired) electrons. The van der Waals surface area contributed by atoms with Crippen LogP contribution in [0, 0.1) is 0 Å². The lowest BCUT2D eigenvalue weighted by Crippen LogP contribution is -2.42. The number of benzene rings is 2. The molecule has 0 saturated carbocycles. The van der Waals surface area contributed by atoms with Crippen molar-refractivity contribution in [1.29, 1.82) is 0 Å². The van der Waals surface area contributed by atoms with E-state index in [-0.39, 0.29) is 11.8 Å². The summed E-state index contributed by atoms with van der Waals surface area (Å²) in [7, 11) is 0. The molecule has 2 aromatic carbocycles. The lowest BCUT2D eigenvalue weighted by molar-refractivity contribution is -0.137. The van der Waals surface area contributed by atoms with Gasteiger partial charge in [-0.2, -0.15) is 13.2 Å². The van der Waals surface area contributed by atoms with Gasteiger partial charge < -0.3 is 20.1 Å². The molecule has 8 nitrogen and oxygen atoms in total. The lowest BCUT2D eigenvalue weighted by atomic mass is 9.91. The van der Waals surface area contributed by atoms with E-state index in [2.05, 4.69) is 10.6 Å². The van der Waals surface area contributed by atoms with Gasteiger partial charge in [0, 0.05) is 0 Å². The number of nitrogens with one attached hydrogen (secondary N) is 2. The summed E-state index contributed by atoms with van der Waals surface area (Å²) in [5.41, 5.74) is -2.94. The Morgan fingerprint density at radius 3 is 2.66 bits per heavy atom. The van der Waals surface area contributed by atoms with E-state index in [9.17, 15) is 27.6 Å². The first-order chi connectivity index (χ1) is 15.0. The topological polar surface area (TPSA) is 97.0 Å². The average Bonchev–Trinajstić information content (AvgIpc) is 3.27. The Balaban J connectivity index is 1.54. The maximum atomic E-state index is 13.2. The first-order valence-corrected chi connectivity index (χ1v) is 9.58. The number of nitrogens with zero attached hydrogens (tertiary/aromatic N) is 1. The number of amides is 4. The van der Waals surface area contributed by atoms with E-state index in [0.29, 0.717) is 22.0 Å². The van der Waals surface area contributed by atoms with E-state index in [1.807, 2.05) is 0 Å². The van der Waals surface area contributed by atoms with Crippen LogP contribution in [0.1, 0.15) is 18.1 Å². The van der Waals surface area contributed by atoms with Crippen LogP contribution in [0.4, 0.5) is 23.7 Å². The number of carbonyl (C=O) groups is 3. The van der Waals surface area contributed by atoms with Crippen LogP contribution in [0.25, 0.3) is 0 Å². The number of carbonyl (C=O) groups excluding carboxylic acids is 3. The van der Waals surface area contributed by atoms with Crippen molar-refractivity contribution < 1.29 is 37.0 Å². The molecule has 1 atom stereocenters. The lowest BCUT2D eigenvalue weighted by Gasteiger charge is -2.22. The standard InChI is InChI=1S/C20H15ClF3N3O5/c1-19(10-5-6-13-14(7-10)32-9-31-13)17(29)27(18(30)26-19)8-15(28)25-16-11(20(22,23)24)3-2-4-12(16)21/h2-7H,8-9H2,1H3,(H,25,28)(H,26,30)/t19-/m0/s1. The maximum Gasteiger partial charge on any atom is 0.418 e. The zero-order valence-corrected chi connectivity index (χ0v) is 17.1. The molecule has 168 valence electrons. The molecule has 2 aromatic rings. The number of ether oxygens (including phenoxy) is 2. The average molecular weight is 470 g/mol. The fraction of sp³-hybridized carbons (Fsp3) is 0.250. The van der Waals surface area contributed by atoms with Gasteiger partial charge in [0.25, 0.3) is 5.91 Å². The summed E-state index contributed by atoms with van der Waals surface area (Å²) >= 11 is 5.83. The number of para-hydroxylation sites is 1. The monoisotopic (exact) mass is 469 g/mol. The minimum absolute atomic E-state index is 0.0179. The van der Waals surface area contributed by atoms with E-state index in [1.165, 1.54) is 19.1 Å². The van der Waals surface area contributed by atoms with Crippen molar-refractivity contribution in [3.8, 4) is 11.5 Å². The Labute approximate surface area is 184 Å². The van der Waals surface area contributed by atoms with E-state index in [4.69, 9.17) is 21.1 Å². The SMILES string of the molecule is C[C@@]1(c2ccc3c(c2)OCO3)NC(=O)N(CC(=O)Nc2c(Cl)cccc2C(F)(F)F)C1=O. The Bertz CT molecular complexity index is 1140. The van der Waals surface area contributed by atoms with Crippen molar-refractivity contribution in [1.82, 2.24) is 10.2 Å². The van der Waals surface area contributed by atoms with Gasteiger partial charge in [-0.05, 0) is 36.8 Å². The zero-order valence-electron chi connectivity index (χ0n) is 16.4. The minimum atomic E-state index is -4.77. The fourth-order valence-corrected chi connectivity index (χ4v) is 3.68. The molecular formula is C20H15ClF3N3O5. The molecule has 0 spiro atoms. The van der Waals surface area contributed by atoms with Crippen molar-refractivity contribution >= 4 is 35.1 Å². The Hall–Kier alpha value is -3.47. The number of halogens is 4. The molecule has 2 aliphatic heterocycles. The predicted molar refractivity (Wildman–Crippen MR) is 105 cm³/mol. The second-order valence-corrected chi connectivity index (χ2v) is 7.63. The molecule has 2 N–H and O–H groups in total. The van der Waals surface area contributed by atoms with Crippen LogP contribution in [-0.4, -0.2) is 36.1 Å². The van der Waals surface area contributed by atoms with Crippen LogP contribution < -0.4 is 20.1 Å². The van der Waals surface area contributed by atoms with Crippen molar-refractivity contribution in [2.75, 3.05) is 18.7 Å². The van der Waals surface area contributed by atoms with Crippen LogP contribution in [0.3, 0.4) is 0 Å². The molecule has 0 bridgehead atoms. The molecule has 2 aliphatic rings. The highest BCUT2D eigenvalue weighted by Crippen LogP contribution is 2.39. The number of imide groups is 1. The number of urea groups is 1. The van der Waals surface area contributed by atoms with Crippen LogP contribution >= 0.6 is 11.6 Å². The second-order valence-electron chi connectivity index (χ2n) is 7.22. The number of rotatable bonds is 4. The van der Waals surface area contributed by atoms with Crippen molar-refractivity contribution in [2.45, 2.75) is 18.6 Å². The molecule has 2 heterocycles. The molecule has 0 aromatic heterocycles. The third-order valence-corrected chi connectivity index (χ3v) is 5.43. The Kier molecular flexibility index (Phi) is 5.16. The molecule has 1 fully saturated rings. The third kappa shape index (κ3) is 3.68. The highest BCUT2D eigenvalue weighted by atomic mass is 35.5. The zero-order chi connectivity index (χ0) is 23.3. The normalized spacial score (nSPS) is 19.8. The fourth-order valence-electron chi connectivity index (χ4n) is 3.45. The number of alkyl halides is 3. The molecule has 4 amide bonds. The summed E-state index contributed by atoms with van der Waals surface area (Å²) in [5.74, 6) is -0.917. The van der Waals surface area contributed by atoms with E-state index in [1.54, 1.807) is 12.1 Å². The number of fused-ring (bicyclic) bond motifs is 1. The Morgan fingerprint density at radius 2 is 1.94 bits per heavy atom. The smallest absolute Gasteiger partial charge is 0.418 e. The van der Waals surface area contributed by atoms with Crippen molar-refractivity contribution in [3.63, 3.8) is 0 Å². The summed E-state index contributed by atoms with van der Waals surface area (Å²) in [5, 5.41) is 4.22. The predicted octanol–water partition coefficient (Wildman–Crippen LogP) is 3.49. The first-order valence-electron chi connectivity index (χ1n) is 9.20. The van der Waals surface area contributed by atoms with Gasteiger partial charge in [-0.1, -0.05) is 23.7 Å². The summed E-state index contributed by atoms with van der Waals surface area (Å²) in [6.07, 6.45) is -4.77. The van der Waals surface area contributed by atoms with Crippen LogP contribution in [0.2, 0.25) is 5.02 Å². The van der Waals surface area contributed by atoms with Gasteiger partial charge in [-0.15, -0.1) is 0 Å². The molecule has 4 rings (SSSR count). The minimum Gasteiger partial charge on any atom is -0.454 e. The summed E-state index contributed by atoms with van der Waals surface area (Å²) in [6, 6.07) is 6.82. The van der Waals surface area contributed by atoms with Gasteiger partial charge in [0.15, 0.2) is 11.5 Å². The van der Waals surface area contributed by atoms with Gasteiger partial charge in [-0.3, -0.25) is 14.5 Å². The van der Waals surface area contributed by atoms with Gasteiger partial charge in [0.2, 0.25) is 12.7 Å². The first kappa shape index (κ1) is 21.8. The van der Waals surface area contributed by atoms with Gasteiger partial charge >= 0.3 is 12.2 Å². The highest BCUT2D eigenvalue weighted by Gasteiger charge is 2.50. The van der Waals surface area contributed by atoms with E-state index in [0.717, 1.165) is 12.1 Å². The number of anilines is 1. The summed E-state index contributed by atoms with van der Waals surface area (Å²) < 4.78 is 50.2. The third-order valence-electron chi connectivity index (χ3n) is 5.11. The highest BCUT2D eigenvalue weighted by molar-refractivity contribution is 6.34. The molecular weight excluding hydrogens is 455 g/mol. The summed E-state index contributed by atoms with van der Waals surface area (Å²) in [4.78, 5) is 38.5. The summed E-state index contributed by atoms with van der Waals surface area (Å²) in [6.45, 7) is 0.649. The molecule has 0 unspecified atom stereocenters.